The van der Waals surface area contributed by atoms with Gasteiger partial charge in [0.25, 0.3) is 5.56 Å². The average molecular weight is 486 g/mol. The summed E-state index contributed by atoms with van der Waals surface area (Å²) in [6.07, 6.45) is 4.67. The third kappa shape index (κ3) is 4.30. The number of aromatic nitrogens is 2. The minimum atomic E-state index is -0.443. The molecular weight excluding hydrogens is 462 g/mol. The molecule has 162 valence electrons. The van der Waals surface area contributed by atoms with E-state index in [9.17, 15) is 14.4 Å². The summed E-state index contributed by atoms with van der Waals surface area (Å²) >= 11 is 3.41. The van der Waals surface area contributed by atoms with Gasteiger partial charge in [-0.25, -0.2) is 4.79 Å². The lowest BCUT2D eigenvalue weighted by atomic mass is 9.95. The number of fused-ring (bicyclic) bond motifs is 1. The largest absolute Gasteiger partial charge is 0.495 e. The Labute approximate surface area is 187 Å². The number of rotatable bonds is 5. The van der Waals surface area contributed by atoms with Crippen LogP contribution < -0.4 is 21.3 Å². The Morgan fingerprint density at radius 2 is 1.87 bits per heavy atom. The van der Waals surface area contributed by atoms with Crippen LogP contribution >= 0.6 is 15.9 Å². The number of methoxy groups -OCH3 is 1. The molecule has 0 aliphatic heterocycles. The molecule has 1 aliphatic carbocycles. The summed E-state index contributed by atoms with van der Waals surface area (Å²) < 4.78 is 8.77. The number of nitrogens with one attached hydrogen (secondary N) is 1. The van der Waals surface area contributed by atoms with Gasteiger partial charge in [-0.2, -0.15) is 0 Å². The monoisotopic (exact) mass is 485 g/mol. The van der Waals surface area contributed by atoms with Crippen LogP contribution in [0.1, 0.15) is 38.1 Å². The van der Waals surface area contributed by atoms with Gasteiger partial charge in [0.05, 0.1) is 23.7 Å². The molecule has 0 saturated heterocycles. The highest BCUT2D eigenvalue weighted by Crippen LogP contribution is 2.27. The van der Waals surface area contributed by atoms with Crippen molar-refractivity contribution < 1.29 is 9.53 Å². The van der Waals surface area contributed by atoms with Gasteiger partial charge in [0.15, 0.2) is 0 Å². The van der Waals surface area contributed by atoms with Crippen LogP contribution in [0.25, 0.3) is 10.9 Å². The van der Waals surface area contributed by atoms with Crippen molar-refractivity contribution in [1.82, 2.24) is 9.13 Å². The Morgan fingerprint density at radius 3 is 2.61 bits per heavy atom. The van der Waals surface area contributed by atoms with Crippen molar-refractivity contribution in [2.75, 3.05) is 12.4 Å². The molecule has 1 aliphatic rings. The summed E-state index contributed by atoms with van der Waals surface area (Å²) in [5.74, 6) is 0.161. The number of hydrogen-bond donors (Lipinski definition) is 1. The highest BCUT2D eigenvalue weighted by Gasteiger charge is 2.23. The number of nitrogens with zero attached hydrogens (tertiary/aromatic N) is 2. The molecule has 0 spiro atoms. The summed E-state index contributed by atoms with van der Waals surface area (Å²) in [5.41, 5.74) is 0.229. The molecule has 0 atom stereocenters. The van der Waals surface area contributed by atoms with Crippen molar-refractivity contribution in [3.05, 3.63) is 67.8 Å². The maximum Gasteiger partial charge on any atom is 0.332 e. The van der Waals surface area contributed by atoms with Crippen molar-refractivity contribution in [2.45, 2.75) is 44.7 Å². The minimum Gasteiger partial charge on any atom is -0.495 e. The quantitative estimate of drug-likeness (QED) is 0.590. The van der Waals surface area contributed by atoms with Crippen LogP contribution in [-0.4, -0.2) is 22.2 Å². The lowest BCUT2D eigenvalue weighted by Gasteiger charge is -2.24. The van der Waals surface area contributed by atoms with E-state index in [2.05, 4.69) is 21.2 Å². The van der Waals surface area contributed by atoms with Crippen molar-refractivity contribution in [1.29, 1.82) is 0 Å². The fourth-order valence-electron chi connectivity index (χ4n) is 4.26. The molecule has 7 nitrogen and oxygen atoms in total. The molecule has 8 heteroatoms. The SMILES string of the molecule is COc1ccccc1NC(=O)Cn1c(=O)n(C2CCCCC2)c(=O)c2cc(Br)ccc21. The van der Waals surface area contributed by atoms with Gasteiger partial charge in [-0.15, -0.1) is 0 Å². The molecule has 1 amide bonds. The number of halogens is 1. The Hall–Kier alpha value is -2.87. The second kappa shape index (κ2) is 9.09. The molecule has 0 unspecified atom stereocenters. The number of para-hydroxylation sites is 2. The van der Waals surface area contributed by atoms with Crippen molar-refractivity contribution in [3.63, 3.8) is 0 Å². The molecular formula is C23H24BrN3O4. The lowest BCUT2D eigenvalue weighted by Crippen LogP contribution is -2.44. The summed E-state index contributed by atoms with van der Waals surface area (Å²) in [6.45, 7) is -0.206. The zero-order valence-corrected chi connectivity index (χ0v) is 18.9. The van der Waals surface area contributed by atoms with Crippen LogP contribution in [0.15, 0.2) is 56.5 Å². The fourth-order valence-corrected chi connectivity index (χ4v) is 4.62. The maximum absolute atomic E-state index is 13.4. The number of carbonyl (C=O) groups excluding carboxylic acids is 1. The first-order valence-electron chi connectivity index (χ1n) is 10.4. The smallest absolute Gasteiger partial charge is 0.332 e. The van der Waals surface area contributed by atoms with E-state index in [-0.39, 0.29) is 24.1 Å². The van der Waals surface area contributed by atoms with Crippen LogP contribution in [-0.2, 0) is 11.3 Å². The normalized spacial score (nSPS) is 14.5. The predicted molar refractivity (Wildman–Crippen MR) is 124 cm³/mol. The van der Waals surface area contributed by atoms with E-state index in [1.807, 2.05) is 6.07 Å². The fraction of sp³-hybridized carbons (Fsp3) is 0.348. The second-order valence-electron chi connectivity index (χ2n) is 7.75. The van der Waals surface area contributed by atoms with E-state index in [4.69, 9.17) is 4.74 Å². The molecule has 2 aromatic carbocycles. The van der Waals surface area contributed by atoms with E-state index >= 15 is 0 Å². The highest BCUT2D eigenvalue weighted by atomic mass is 79.9. The summed E-state index contributed by atoms with van der Waals surface area (Å²) in [6, 6.07) is 12.1. The molecule has 1 heterocycles. The van der Waals surface area contributed by atoms with E-state index in [1.165, 1.54) is 16.2 Å². The van der Waals surface area contributed by atoms with E-state index in [1.54, 1.807) is 36.4 Å². The van der Waals surface area contributed by atoms with Crippen LogP contribution in [0.4, 0.5) is 5.69 Å². The third-order valence-electron chi connectivity index (χ3n) is 5.76. The minimum absolute atomic E-state index is 0.138. The first kappa shape index (κ1) is 21.4. The molecule has 1 N–H and O–H groups in total. The standard InChI is InChI=1S/C23H24BrN3O4/c1-31-20-10-6-5-9-18(20)25-21(28)14-26-19-12-11-15(24)13-17(19)22(29)27(23(26)30)16-7-3-2-4-8-16/h5-6,9-13,16H,2-4,7-8,14H2,1H3,(H,25,28). The zero-order chi connectivity index (χ0) is 22.0. The summed E-state index contributed by atoms with van der Waals surface area (Å²) in [4.78, 5) is 39.5. The Morgan fingerprint density at radius 1 is 1.13 bits per heavy atom. The molecule has 0 bridgehead atoms. The van der Waals surface area contributed by atoms with E-state index in [0.29, 0.717) is 22.3 Å². The first-order chi connectivity index (χ1) is 15.0. The van der Waals surface area contributed by atoms with Crippen molar-refractivity contribution >= 4 is 38.4 Å². The van der Waals surface area contributed by atoms with E-state index < -0.39 is 5.69 Å². The average Bonchev–Trinajstić information content (AvgIpc) is 2.78. The van der Waals surface area contributed by atoms with Gasteiger partial charge in [-0.05, 0) is 43.2 Å². The molecule has 0 radical (unpaired) electrons. The van der Waals surface area contributed by atoms with Gasteiger partial charge in [-0.3, -0.25) is 18.7 Å². The van der Waals surface area contributed by atoms with Crippen molar-refractivity contribution in [2.24, 2.45) is 0 Å². The first-order valence-corrected chi connectivity index (χ1v) is 11.2. The summed E-state index contributed by atoms with van der Waals surface area (Å²) in [5, 5.41) is 3.23. The molecule has 1 fully saturated rings. The number of amides is 1. The zero-order valence-electron chi connectivity index (χ0n) is 17.3. The van der Waals surface area contributed by atoms with Gasteiger partial charge >= 0.3 is 5.69 Å². The van der Waals surface area contributed by atoms with Gasteiger partial charge in [-0.1, -0.05) is 47.3 Å². The molecule has 3 aromatic rings. The number of carbonyl (C=O) groups is 1. The number of benzene rings is 2. The number of hydrogen-bond acceptors (Lipinski definition) is 4. The summed E-state index contributed by atoms with van der Waals surface area (Å²) in [7, 11) is 1.53. The highest BCUT2D eigenvalue weighted by molar-refractivity contribution is 9.10. The Bertz CT molecular complexity index is 1240. The second-order valence-corrected chi connectivity index (χ2v) is 8.66. The van der Waals surface area contributed by atoms with Gasteiger partial charge < -0.3 is 10.1 Å². The maximum atomic E-state index is 13.4. The molecule has 31 heavy (non-hydrogen) atoms. The molecule has 4 rings (SSSR count). The molecule has 1 aromatic heterocycles. The van der Waals surface area contributed by atoms with Gasteiger partial charge in [0.1, 0.15) is 12.3 Å². The number of ether oxygens (including phenoxy) is 1. The van der Waals surface area contributed by atoms with Gasteiger partial charge in [0, 0.05) is 10.5 Å². The van der Waals surface area contributed by atoms with Gasteiger partial charge in [0.2, 0.25) is 5.91 Å². The number of anilines is 1. The Balaban J connectivity index is 1.78. The molecule has 1 saturated carbocycles. The van der Waals surface area contributed by atoms with Crippen LogP contribution in [0.5, 0.6) is 5.75 Å². The lowest BCUT2D eigenvalue weighted by molar-refractivity contribution is -0.116. The predicted octanol–water partition coefficient (Wildman–Crippen LogP) is 4.08. The van der Waals surface area contributed by atoms with Crippen LogP contribution in [0, 0.1) is 0 Å². The topological polar surface area (TPSA) is 82.3 Å². The van der Waals surface area contributed by atoms with Crippen molar-refractivity contribution in [3.8, 4) is 5.75 Å². The van der Waals surface area contributed by atoms with Crippen LogP contribution in [0.3, 0.4) is 0 Å². The third-order valence-corrected chi connectivity index (χ3v) is 6.25. The van der Waals surface area contributed by atoms with E-state index in [0.717, 1.165) is 36.6 Å². The van der Waals surface area contributed by atoms with Crippen LogP contribution in [0.2, 0.25) is 0 Å². The Kier molecular flexibility index (Phi) is 6.27.